The van der Waals surface area contributed by atoms with E-state index in [9.17, 15) is 0 Å². The van der Waals surface area contributed by atoms with Crippen molar-refractivity contribution < 1.29 is 0 Å². The molecule has 0 aliphatic rings. The van der Waals surface area contributed by atoms with Gasteiger partial charge in [-0.3, -0.25) is 5.41 Å². The number of hydrogen-bond donors (Lipinski definition) is 3. The first-order valence-corrected chi connectivity index (χ1v) is 3.89. The lowest BCUT2D eigenvalue weighted by Crippen LogP contribution is -2.20. The van der Waals surface area contributed by atoms with E-state index in [2.05, 4.69) is 11.5 Å². The molecule has 66 valence electrons. The fourth-order valence-electron chi connectivity index (χ4n) is 0.567. The second-order valence-electron chi connectivity index (χ2n) is 2.07. The van der Waals surface area contributed by atoms with Crippen molar-refractivity contribution in [1.29, 1.82) is 5.41 Å². The zero-order chi connectivity index (χ0) is 9.40. The lowest BCUT2D eigenvalue weighted by atomic mass is 10.2. The number of benzene rings is 1. The number of alkyl halides is 1. The molecule has 1 rings (SSSR count). The molecule has 0 spiro atoms. The monoisotopic (exact) mass is 185 g/mol. The Balaban J connectivity index is 0.000000261. The molecule has 0 unspecified atom stereocenters. The summed E-state index contributed by atoms with van der Waals surface area (Å²) in [5.41, 5.74) is 10.1. The molecule has 0 saturated heterocycles. The molecule has 0 bridgehead atoms. The highest BCUT2D eigenvalue weighted by atomic mass is 35.5. The predicted octanol–water partition coefficient (Wildman–Crippen LogP) is 1.26. The minimum Gasteiger partial charge on any atom is -0.370 e. The van der Waals surface area contributed by atoms with Gasteiger partial charge in [-0.05, 0) is 5.56 Å². The van der Waals surface area contributed by atoms with Gasteiger partial charge in [-0.1, -0.05) is 30.3 Å². The lowest BCUT2D eigenvalue weighted by molar-refractivity contribution is 1.39. The third-order valence-corrected chi connectivity index (χ3v) is 1.31. The summed E-state index contributed by atoms with van der Waals surface area (Å²) in [6.07, 6.45) is 0. The molecule has 1 aromatic carbocycles. The van der Waals surface area contributed by atoms with Crippen LogP contribution in [0.1, 0.15) is 5.56 Å². The van der Waals surface area contributed by atoms with Gasteiger partial charge < -0.3 is 11.5 Å². The smallest absolute Gasteiger partial charge is 0.183 e. The molecular formula is C8H12ClN3. The van der Waals surface area contributed by atoms with Crippen molar-refractivity contribution in [2.45, 2.75) is 5.88 Å². The summed E-state index contributed by atoms with van der Waals surface area (Å²) >= 11 is 5.53. The van der Waals surface area contributed by atoms with Gasteiger partial charge in [0.05, 0.1) is 0 Å². The van der Waals surface area contributed by atoms with Crippen molar-refractivity contribution >= 4 is 17.6 Å². The number of nitrogens with one attached hydrogen (secondary N) is 1. The topological polar surface area (TPSA) is 75.9 Å². The van der Waals surface area contributed by atoms with Crippen LogP contribution in [0, 0.1) is 5.41 Å². The largest absolute Gasteiger partial charge is 0.370 e. The predicted molar refractivity (Wildman–Crippen MR) is 52.1 cm³/mol. The third-order valence-electron chi connectivity index (χ3n) is 0.997. The zero-order valence-corrected chi connectivity index (χ0v) is 7.38. The second kappa shape index (κ2) is 6.49. The van der Waals surface area contributed by atoms with E-state index in [1.807, 2.05) is 30.3 Å². The molecule has 1 aromatic rings. The second-order valence-corrected chi connectivity index (χ2v) is 2.34. The van der Waals surface area contributed by atoms with Gasteiger partial charge in [0, 0.05) is 5.88 Å². The Bertz CT molecular complexity index is 219. The van der Waals surface area contributed by atoms with Crippen LogP contribution >= 0.6 is 11.6 Å². The molecule has 0 radical (unpaired) electrons. The maximum absolute atomic E-state index is 6.06. The molecule has 5 N–H and O–H groups in total. The molecule has 0 fully saturated rings. The summed E-state index contributed by atoms with van der Waals surface area (Å²) in [4.78, 5) is 0. The van der Waals surface area contributed by atoms with E-state index in [1.54, 1.807) is 0 Å². The van der Waals surface area contributed by atoms with Crippen LogP contribution in [-0.4, -0.2) is 5.96 Å². The van der Waals surface area contributed by atoms with E-state index >= 15 is 0 Å². The van der Waals surface area contributed by atoms with E-state index in [4.69, 9.17) is 17.0 Å². The summed E-state index contributed by atoms with van der Waals surface area (Å²) in [5, 5.41) is 6.06. The fourth-order valence-corrected chi connectivity index (χ4v) is 0.745. The highest BCUT2D eigenvalue weighted by Crippen LogP contribution is 2.00. The van der Waals surface area contributed by atoms with Gasteiger partial charge in [0.2, 0.25) is 0 Å². The standard InChI is InChI=1S/C7H7Cl.CH5N3/c8-6-7-4-2-1-3-5-7;2-1(3)4/h1-5H,6H2;(H5,2,3,4). The Hall–Kier alpha value is -1.22. The molecule has 0 aliphatic carbocycles. The van der Waals surface area contributed by atoms with Crippen LogP contribution in [0.25, 0.3) is 0 Å². The molecule has 3 nitrogen and oxygen atoms in total. The van der Waals surface area contributed by atoms with Crippen LogP contribution in [-0.2, 0) is 5.88 Å². The Labute approximate surface area is 76.8 Å². The first-order valence-electron chi connectivity index (χ1n) is 3.36. The molecule has 0 aliphatic heterocycles. The number of nitrogens with two attached hydrogens (primary N) is 2. The van der Waals surface area contributed by atoms with Crippen molar-refractivity contribution in [2.24, 2.45) is 11.5 Å². The van der Waals surface area contributed by atoms with Crippen molar-refractivity contribution in [2.75, 3.05) is 0 Å². The summed E-state index contributed by atoms with van der Waals surface area (Å²) < 4.78 is 0. The fraction of sp³-hybridized carbons (Fsp3) is 0.125. The highest BCUT2D eigenvalue weighted by Gasteiger charge is 1.81. The maximum Gasteiger partial charge on any atom is 0.183 e. The normalized spacial score (nSPS) is 8.08. The van der Waals surface area contributed by atoms with Crippen LogP contribution in [0.3, 0.4) is 0 Å². The maximum atomic E-state index is 6.06. The summed E-state index contributed by atoms with van der Waals surface area (Å²) in [7, 11) is 0. The average Bonchev–Trinajstić information content (AvgIpc) is 2.05. The molecule has 0 amide bonds. The average molecular weight is 186 g/mol. The van der Waals surface area contributed by atoms with Crippen LogP contribution in [0.2, 0.25) is 0 Å². The molecule has 0 aromatic heterocycles. The van der Waals surface area contributed by atoms with Crippen molar-refractivity contribution in [3.63, 3.8) is 0 Å². The Morgan fingerprint density at radius 2 is 1.67 bits per heavy atom. The Morgan fingerprint density at radius 1 is 1.25 bits per heavy atom. The molecule has 0 saturated carbocycles. The summed E-state index contributed by atoms with van der Waals surface area (Å²) in [6, 6.07) is 9.96. The number of hydrogen-bond acceptors (Lipinski definition) is 1. The van der Waals surface area contributed by atoms with Gasteiger partial charge in [0.25, 0.3) is 0 Å². The minimum atomic E-state index is -0.333. The molecule has 0 atom stereocenters. The van der Waals surface area contributed by atoms with E-state index in [0.29, 0.717) is 5.88 Å². The van der Waals surface area contributed by atoms with Gasteiger partial charge in [-0.25, -0.2) is 0 Å². The van der Waals surface area contributed by atoms with E-state index in [-0.39, 0.29) is 5.96 Å². The number of halogens is 1. The van der Waals surface area contributed by atoms with Crippen LogP contribution in [0.15, 0.2) is 30.3 Å². The van der Waals surface area contributed by atoms with Gasteiger partial charge in [0.1, 0.15) is 0 Å². The van der Waals surface area contributed by atoms with Crippen molar-refractivity contribution in [3.8, 4) is 0 Å². The van der Waals surface area contributed by atoms with Gasteiger partial charge in [-0.15, -0.1) is 11.6 Å². The molecule has 12 heavy (non-hydrogen) atoms. The van der Waals surface area contributed by atoms with Gasteiger partial charge in [-0.2, -0.15) is 0 Å². The Morgan fingerprint density at radius 3 is 1.92 bits per heavy atom. The molecule has 4 heteroatoms. The van der Waals surface area contributed by atoms with E-state index in [1.165, 1.54) is 5.56 Å². The van der Waals surface area contributed by atoms with Gasteiger partial charge in [0.15, 0.2) is 5.96 Å². The van der Waals surface area contributed by atoms with E-state index < -0.39 is 0 Å². The molecule has 0 heterocycles. The van der Waals surface area contributed by atoms with Crippen molar-refractivity contribution in [3.05, 3.63) is 35.9 Å². The first kappa shape index (κ1) is 10.8. The van der Waals surface area contributed by atoms with Crippen molar-refractivity contribution in [1.82, 2.24) is 0 Å². The number of guanidine groups is 1. The Kier molecular flexibility index (Phi) is 5.83. The minimum absolute atomic E-state index is 0.333. The van der Waals surface area contributed by atoms with Crippen LogP contribution in [0.5, 0.6) is 0 Å². The SMILES string of the molecule is ClCc1ccccc1.N=C(N)N. The molecular weight excluding hydrogens is 174 g/mol. The quantitative estimate of drug-likeness (QED) is 0.350. The summed E-state index contributed by atoms with van der Waals surface area (Å²) in [6.45, 7) is 0. The van der Waals surface area contributed by atoms with Crippen LogP contribution in [0.4, 0.5) is 0 Å². The van der Waals surface area contributed by atoms with E-state index in [0.717, 1.165) is 0 Å². The lowest BCUT2D eigenvalue weighted by Gasteiger charge is -1.88. The zero-order valence-electron chi connectivity index (χ0n) is 6.63. The highest BCUT2D eigenvalue weighted by molar-refractivity contribution is 6.17. The number of rotatable bonds is 1. The first-order chi connectivity index (χ1) is 5.66. The third kappa shape index (κ3) is 6.89. The van der Waals surface area contributed by atoms with Gasteiger partial charge >= 0.3 is 0 Å². The van der Waals surface area contributed by atoms with Crippen LogP contribution < -0.4 is 11.5 Å². The summed E-state index contributed by atoms with van der Waals surface area (Å²) in [5.74, 6) is 0.279.